The third-order valence-corrected chi connectivity index (χ3v) is 4.34. The van der Waals surface area contributed by atoms with E-state index in [4.69, 9.17) is 21.1 Å². The molecule has 0 fully saturated rings. The Bertz CT molecular complexity index is 756. The lowest BCUT2D eigenvalue weighted by Crippen LogP contribution is -2.41. The number of benzene rings is 2. The summed E-state index contributed by atoms with van der Waals surface area (Å²) >= 11 is 5.88. The number of hydrogen-bond donors (Lipinski definition) is 1. The predicted octanol–water partition coefficient (Wildman–Crippen LogP) is 4.38. The number of methoxy groups -OCH3 is 1. The van der Waals surface area contributed by atoms with Gasteiger partial charge in [0, 0.05) is 22.6 Å². The minimum atomic E-state index is -0.362. The van der Waals surface area contributed by atoms with Crippen LogP contribution in [0.4, 0.5) is 0 Å². The second-order valence-electron chi connectivity index (χ2n) is 6.50. The van der Waals surface area contributed by atoms with Crippen LogP contribution in [0, 0.1) is 0 Å². The fraction of sp³-hybridized carbons (Fsp3) is 0.316. The molecule has 2 aromatic carbocycles. The van der Waals surface area contributed by atoms with Gasteiger partial charge in [-0.1, -0.05) is 11.6 Å². The molecule has 0 saturated carbocycles. The van der Waals surface area contributed by atoms with Crippen LogP contribution in [0.5, 0.6) is 11.5 Å². The Hall–Kier alpha value is -2.20. The largest absolute Gasteiger partial charge is 0.497 e. The van der Waals surface area contributed by atoms with Crippen molar-refractivity contribution in [2.24, 2.45) is 0 Å². The molecule has 1 aliphatic rings. The van der Waals surface area contributed by atoms with Crippen molar-refractivity contribution < 1.29 is 14.3 Å². The van der Waals surface area contributed by atoms with Gasteiger partial charge in [-0.15, -0.1) is 0 Å². The number of halogens is 1. The van der Waals surface area contributed by atoms with Gasteiger partial charge in [0.25, 0.3) is 5.91 Å². The Morgan fingerprint density at radius 3 is 2.62 bits per heavy atom. The van der Waals surface area contributed by atoms with Crippen LogP contribution in [0.3, 0.4) is 0 Å². The second-order valence-corrected chi connectivity index (χ2v) is 6.94. The van der Waals surface area contributed by atoms with Crippen molar-refractivity contribution in [2.45, 2.75) is 31.9 Å². The summed E-state index contributed by atoms with van der Waals surface area (Å²) < 4.78 is 11.3. The first kappa shape index (κ1) is 16.7. The lowest BCUT2D eigenvalue weighted by molar-refractivity contribution is 0.0618. The summed E-state index contributed by atoms with van der Waals surface area (Å²) in [5.41, 5.74) is 1.14. The summed E-state index contributed by atoms with van der Waals surface area (Å²) in [6.45, 7) is 4.03. The Morgan fingerprint density at radius 2 is 1.96 bits per heavy atom. The van der Waals surface area contributed by atoms with Crippen molar-refractivity contribution in [3.63, 3.8) is 0 Å². The van der Waals surface area contributed by atoms with Gasteiger partial charge >= 0.3 is 0 Å². The number of hydrogen-bond acceptors (Lipinski definition) is 3. The zero-order valence-electron chi connectivity index (χ0n) is 13.9. The lowest BCUT2D eigenvalue weighted by Gasteiger charge is -2.38. The molecule has 0 bridgehead atoms. The first-order chi connectivity index (χ1) is 11.4. The van der Waals surface area contributed by atoms with Crippen molar-refractivity contribution in [3.8, 4) is 11.5 Å². The molecule has 0 saturated heterocycles. The summed E-state index contributed by atoms with van der Waals surface area (Å²) in [5.74, 6) is 1.37. The molecule has 1 heterocycles. The first-order valence-electron chi connectivity index (χ1n) is 7.81. The maximum atomic E-state index is 12.6. The van der Waals surface area contributed by atoms with Gasteiger partial charge in [0.2, 0.25) is 0 Å². The van der Waals surface area contributed by atoms with Gasteiger partial charge in [0.1, 0.15) is 17.1 Å². The van der Waals surface area contributed by atoms with E-state index in [2.05, 4.69) is 5.32 Å². The number of fused-ring (bicyclic) bond motifs is 1. The van der Waals surface area contributed by atoms with Gasteiger partial charge in [-0.05, 0) is 56.3 Å². The molecule has 126 valence electrons. The Labute approximate surface area is 146 Å². The monoisotopic (exact) mass is 345 g/mol. The van der Waals surface area contributed by atoms with E-state index in [0.29, 0.717) is 17.0 Å². The molecule has 0 unspecified atom stereocenters. The number of amides is 1. The Morgan fingerprint density at radius 1 is 1.25 bits per heavy atom. The van der Waals surface area contributed by atoms with Crippen LogP contribution >= 0.6 is 11.6 Å². The van der Waals surface area contributed by atoms with E-state index in [9.17, 15) is 4.79 Å². The standard InChI is InChI=1S/C19H20ClNO3/c1-19(2)11-16(15-10-14(23-3)8-9-17(15)24-19)21-18(22)12-4-6-13(20)7-5-12/h4-10,16H,11H2,1-3H3,(H,21,22)/t16-/m0/s1. The maximum Gasteiger partial charge on any atom is 0.251 e. The van der Waals surface area contributed by atoms with Gasteiger partial charge < -0.3 is 14.8 Å². The molecular formula is C19H20ClNO3. The molecule has 5 heteroatoms. The van der Waals surface area contributed by atoms with Gasteiger partial charge in [0.15, 0.2) is 0 Å². The molecule has 0 aromatic heterocycles. The average molecular weight is 346 g/mol. The molecule has 1 amide bonds. The molecule has 24 heavy (non-hydrogen) atoms. The van der Waals surface area contributed by atoms with E-state index < -0.39 is 0 Å². The third-order valence-electron chi connectivity index (χ3n) is 4.09. The fourth-order valence-electron chi connectivity index (χ4n) is 2.93. The molecule has 1 N–H and O–H groups in total. The van der Waals surface area contributed by atoms with Crippen LogP contribution in [-0.4, -0.2) is 18.6 Å². The molecule has 0 spiro atoms. The van der Waals surface area contributed by atoms with Crippen molar-refractivity contribution in [3.05, 3.63) is 58.6 Å². The summed E-state index contributed by atoms with van der Waals surface area (Å²) in [4.78, 5) is 12.6. The zero-order valence-corrected chi connectivity index (χ0v) is 14.7. The number of carbonyl (C=O) groups is 1. The maximum absolute atomic E-state index is 12.6. The number of nitrogens with one attached hydrogen (secondary N) is 1. The normalized spacial score (nSPS) is 18.2. The van der Waals surface area contributed by atoms with Crippen molar-refractivity contribution in [1.29, 1.82) is 0 Å². The average Bonchev–Trinajstić information content (AvgIpc) is 2.54. The van der Waals surface area contributed by atoms with Crippen LogP contribution in [0.2, 0.25) is 5.02 Å². The zero-order chi connectivity index (χ0) is 17.3. The molecule has 0 radical (unpaired) electrons. The summed E-state index contributed by atoms with van der Waals surface area (Å²) in [7, 11) is 1.62. The van der Waals surface area contributed by atoms with Crippen LogP contribution in [-0.2, 0) is 0 Å². The van der Waals surface area contributed by atoms with E-state index in [1.807, 2.05) is 32.0 Å². The highest BCUT2D eigenvalue weighted by Crippen LogP contribution is 2.41. The molecule has 2 aromatic rings. The van der Waals surface area contributed by atoms with Gasteiger partial charge in [-0.3, -0.25) is 4.79 Å². The SMILES string of the molecule is COc1ccc2c(c1)[C@@H](NC(=O)c1ccc(Cl)cc1)CC(C)(C)O2. The molecule has 1 atom stereocenters. The topological polar surface area (TPSA) is 47.6 Å². The van der Waals surface area contributed by atoms with Crippen molar-refractivity contribution in [2.75, 3.05) is 7.11 Å². The van der Waals surface area contributed by atoms with Crippen LogP contribution < -0.4 is 14.8 Å². The van der Waals surface area contributed by atoms with E-state index in [0.717, 1.165) is 17.1 Å². The van der Waals surface area contributed by atoms with Crippen molar-refractivity contribution in [1.82, 2.24) is 5.32 Å². The summed E-state index contributed by atoms with van der Waals surface area (Å²) in [6, 6.07) is 12.4. The lowest BCUT2D eigenvalue weighted by atomic mass is 9.89. The van der Waals surface area contributed by atoms with Crippen LogP contribution in [0.25, 0.3) is 0 Å². The third kappa shape index (κ3) is 3.49. The highest BCUT2D eigenvalue weighted by molar-refractivity contribution is 6.30. The molecule has 3 rings (SSSR count). The number of ether oxygens (including phenoxy) is 2. The molecular weight excluding hydrogens is 326 g/mol. The van der Waals surface area contributed by atoms with E-state index >= 15 is 0 Å². The highest BCUT2D eigenvalue weighted by Gasteiger charge is 2.35. The van der Waals surface area contributed by atoms with E-state index in [1.165, 1.54) is 0 Å². The first-order valence-corrected chi connectivity index (χ1v) is 8.19. The van der Waals surface area contributed by atoms with Gasteiger partial charge in [0.05, 0.1) is 13.2 Å². The van der Waals surface area contributed by atoms with Gasteiger partial charge in [-0.25, -0.2) is 0 Å². The quantitative estimate of drug-likeness (QED) is 0.898. The summed E-state index contributed by atoms with van der Waals surface area (Å²) in [5, 5.41) is 3.71. The molecule has 0 aliphatic carbocycles. The van der Waals surface area contributed by atoms with Gasteiger partial charge in [-0.2, -0.15) is 0 Å². The minimum absolute atomic E-state index is 0.136. The Balaban J connectivity index is 1.89. The van der Waals surface area contributed by atoms with Crippen molar-refractivity contribution >= 4 is 17.5 Å². The minimum Gasteiger partial charge on any atom is -0.497 e. The molecule has 1 aliphatic heterocycles. The number of carbonyl (C=O) groups excluding carboxylic acids is 1. The van der Waals surface area contributed by atoms with Crippen LogP contribution in [0.15, 0.2) is 42.5 Å². The fourth-order valence-corrected chi connectivity index (χ4v) is 3.06. The predicted molar refractivity (Wildman–Crippen MR) is 94.0 cm³/mol. The van der Waals surface area contributed by atoms with Crippen LogP contribution in [0.1, 0.15) is 42.2 Å². The number of rotatable bonds is 3. The second kappa shape index (κ2) is 6.36. The van der Waals surface area contributed by atoms with E-state index in [1.54, 1.807) is 31.4 Å². The highest BCUT2D eigenvalue weighted by atomic mass is 35.5. The smallest absolute Gasteiger partial charge is 0.251 e. The van der Waals surface area contributed by atoms with E-state index in [-0.39, 0.29) is 17.6 Å². The Kier molecular flexibility index (Phi) is 4.41. The summed E-state index contributed by atoms with van der Waals surface area (Å²) in [6.07, 6.45) is 0.673. The molecule has 4 nitrogen and oxygen atoms in total.